The predicted octanol–water partition coefficient (Wildman–Crippen LogP) is 2.50. The molecule has 0 atom stereocenters. The van der Waals surface area contributed by atoms with Crippen LogP contribution in [0.1, 0.15) is 12.8 Å². The Morgan fingerprint density at radius 2 is 1.83 bits per heavy atom. The van der Waals surface area contributed by atoms with E-state index in [0.29, 0.717) is 11.8 Å². The van der Waals surface area contributed by atoms with Gasteiger partial charge in [-0.15, -0.1) is 5.10 Å². The average Bonchev–Trinajstić information content (AvgIpc) is 2.76. The van der Waals surface area contributed by atoms with E-state index in [0.717, 1.165) is 61.4 Å². The summed E-state index contributed by atoms with van der Waals surface area (Å²) < 4.78 is 6.19. The molecule has 2 aromatic heterocycles. The Hall–Kier alpha value is -2.93. The first-order chi connectivity index (χ1) is 14.3. The SMILES string of the molecule is OCC1CCN(c2ccnnc2OC2CN(c3ccc4ccccc4n3)C2)CC1. The number of benzene rings is 1. The number of piperidine rings is 1. The summed E-state index contributed by atoms with van der Waals surface area (Å²) in [6.07, 6.45) is 3.77. The van der Waals surface area contributed by atoms with Gasteiger partial charge in [-0.2, -0.15) is 5.10 Å². The lowest BCUT2D eigenvalue weighted by Crippen LogP contribution is -2.54. The first kappa shape index (κ1) is 18.1. The number of rotatable bonds is 5. The van der Waals surface area contributed by atoms with Crippen LogP contribution in [0.15, 0.2) is 48.7 Å². The van der Waals surface area contributed by atoms with Gasteiger partial charge in [0, 0.05) is 25.1 Å². The molecule has 2 fully saturated rings. The van der Waals surface area contributed by atoms with Crippen LogP contribution in [0, 0.1) is 5.92 Å². The van der Waals surface area contributed by atoms with Crippen LogP contribution in [0.4, 0.5) is 11.5 Å². The van der Waals surface area contributed by atoms with Gasteiger partial charge in [-0.1, -0.05) is 18.2 Å². The summed E-state index contributed by atoms with van der Waals surface area (Å²) in [4.78, 5) is 9.27. The maximum absolute atomic E-state index is 9.36. The molecule has 0 unspecified atom stereocenters. The van der Waals surface area contributed by atoms with Crippen molar-refractivity contribution in [3.63, 3.8) is 0 Å². The highest BCUT2D eigenvalue weighted by atomic mass is 16.5. The summed E-state index contributed by atoms with van der Waals surface area (Å²) in [5.74, 6) is 1.99. The van der Waals surface area contributed by atoms with Crippen molar-refractivity contribution in [2.75, 3.05) is 42.6 Å². The first-order valence-corrected chi connectivity index (χ1v) is 10.2. The number of hydrogen-bond donors (Lipinski definition) is 1. The predicted molar refractivity (Wildman–Crippen MR) is 112 cm³/mol. The fraction of sp³-hybridized carbons (Fsp3) is 0.409. The number of hydrogen-bond acceptors (Lipinski definition) is 7. The summed E-state index contributed by atoms with van der Waals surface area (Å²) in [6.45, 7) is 3.66. The minimum absolute atomic E-state index is 0.0775. The largest absolute Gasteiger partial charge is 0.468 e. The molecule has 7 nitrogen and oxygen atoms in total. The van der Waals surface area contributed by atoms with Crippen molar-refractivity contribution in [1.29, 1.82) is 0 Å². The Morgan fingerprint density at radius 1 is 1.00 bits per heavy atom. The molecule has 2 saturated heterocycles. The van der Waals surface area contributed by atoms with Crippen LogP contribution in [0.25, 0.3) is 10.9 Å². The van der Waals surface area contributed by atoms with Crippen LogP contribution in [0.5, 0.6) is 5.88 Å². The minimum Gasteiger partial charge on any atom is -0.468 e. The zero-order chi connectivity index (χ0) is 19.6. The van der Waals surface area contributed by atoms with Crippen molar-refractivity contribution < 1.29 is 9.84 Å². The van der Waals surface area contributed by atoms with Crippen LogP contribution >= 0.6 is 0 Å². The van der Waals surface area contributed by atoms with Gasteiger partial charge >= 0.3 is 0 Å². The fourth-order valence-electron chi connectivity index (χ4n) is 4.08. The number of fused-ring (bicyclic) bond motifs is 1. The molecule has 2 aliphatic heterocycles. The lowest BCUT2D eigenvalue weighted by Gasteiger charge is -2.40. The summed E-state index contributed by atoms with van der Waals surface area (Å²) >= 11 is 0. The quantitative estimate of drug-likeness (QED) is 0.716. The van der Waals surface area contributed by atoms with E-state index in [1.807, 2.05) is 24.3 Å². The average molecular weight is 391 g/mol. The highest BCUT2D eigenvalue weighted by Gasteiger charge is 2.31. The highest BCUT2D eigenvalue weighted by Crippen LogP contribution is 2.31. The smallest absolute Gasteiger partial charge is 0.257 e. The van der Waals surface area contributed by atoms with Gasteiger partial charge in [-0.25, -0.2) is 4.98 Å². The number of para-hydroxylation sites is 1. The third-order valence-electron chi connectivity index (χ3n) is 5.91. The minimum atomic E-state index is 0.0775. The van der Waals surface area contributed by atoms with Crippen molar-refractivity contribution in [3.8, 4) is 5.88 Å². The molecule has 1 aromatic carbocycles. The molecule has 3 aromatic rings. The number of aromatic nitrogens is 3. The molecule has 0 bridgehead atoms. The first-order valence-electron chi connectivity index (χ1n) is 10.2. The lowest BCUT2D eigenvalue weighted by molar-refractivity contribution is 0.158. The molecule has 5 rings (SSSR count). The van der Waals surface area contributed by atoms with E-state index in [1.165, 1.54) is 0 Å². The Balaban J connectivity index is 1.23. The Labute approximate surface area is 169 Å². The Bertz CT molecular complexity index is 984. The molecule has 0 spiro atoms. The molecule has 0 saturated carbocycles. The van der Waals surface area contributed by atoms with E-state index in [-0.39, 0.29) is 12.7 Å². The Kier molecular flexibility index (Phi) is 4.89. The maximum atomic E-state index is 9.36. The molecule has 0 radical (unpaired) electrons. The second-order valence-corrected chi connectivity index (χ2v) is 7.84. The van der Waals surface area contributed by atoms with Crippen molar-refractivity contribution in [2.45, 2.75) is 18.9 Å². The number of nitrogens with zero attached hydrogens (tertiary/aromatic N) is 5. The van der Waals surface area contributed by atoms with Gasteiger partial charge in [0.2, 0.25) is 0 Å². The molecule has 4 heterocycles. The van der Waals surface area contributed by atoms with E-state index >= 15 is 0 Å². The van der Waals surface area contributed by atoms with Gasteiger partial charge < -0.3 is 19.6 Å². The van der Waals surface area contributed by atoms with Crippen LogP contribution in [-0.2, 0) is 0 Å². The molecular weight excluding hydrogens is 366 g/mol. The summed E-state index contributed by atoms with van der Waals surface area (Å²) in [7, 11) is 0. The number of aliphatic hydroxyl groups excluding tert-OH is 1. The topological polar surface area (TPSA) is 74.6 Å². The van der Waals surface area contributed by atoms with Gasteiger partial charge in [-0.3, -0.25) is 0 Å². The molecule has 150 valence electrons. The van der Waals surface area contributed by atoms with Crippen molar-refractivity contribution in [1.82, 2.24) is 15.2 Å². The molecule has 7 heteroatoms. The maximum Gasteiger partial charge on any atom is 0.257 e. The van der Waals surface area contributed by atoms with Gasteiger partial charge in [0.05, 0.1) is 24.8 Å². The van der Waals surface area contributed by atoms with Gasteiger partial charge in [0.25, 0.3) is 5.88 Å². The summed E-state index contributed by atoms with van der Waals surface area (Å²) in [5, 5.41) is 18.8. The number of anilines is 2. The molecule has 29 heavy (non-hydrogen) atoms. The zero-order valence-corrected chi connectivity index (χ0v) is 16.3. The third-order valence-corrected chi connectivity index (χ3v) is 5.91. The lowest BCUT2D eigenvalue weighted by atomic mass is 9.97. The monoisotopic (exact) mass is 391 g/mol. The van der Waals surface area contributed by atoms with Crippen molar-refractivity contribution >= 4 is 22.4 Å². The normalized spacial score (nSPS) is 18.1. The van der Waals surface area contributed by atoms with E-state index < -0.39 is 0 Å². The molecule has 1 N–H and O–H groups in total. The third kappa shape index (κ3) is 3.70. The second-order valence-electron chi connectivity index (χ2n) is 7.84. The van der Waals surface area contributed by atoms with Crippen LogP contribution in [0.2, 0.25) is 0 Å². The van der Waals surface area contributed by atoms with E-state index in [1.54, 1.807) is 6.20 Å². The number of aliphatic hydroxyl groups is 1. The zero-order valence-electron chi connectivity index (χ0n) is 16.3. The highest BCUT2D eigenvalue weighted by molar-refractivity contribution is 5.80. The molecule has 0 aliphatic carbocycles. The molecule has 2 aliphatic rings. The van der Waals surface area contributed by atoms with Crippen LogP contribution in [0.3, 0.4) is 0 Å². The Morgan fingerprint density at radius 3 is 2.66 bits per heavy atom. The van der Waals surface area contributed by atoms with E-state index in [9.17, 15) is 5.11 Å². The van der Waals surface area contributed by atoms with Crippen LogP contribution in [-0.4, -0.2) is 59.2 Å². The van der Waals surface area contributed by atoms with Crippen LogP contribution < -0.4 is 14.5 Å². The van der Waals surface area contributed by atoms with Gasteiger partial charge in [0.1, 0.15) is 17.6 Å². The van der Waals surface area contributed by atoms with Crippen molar-refractivity contribution in [2.24, 2.45) is 5.92 Å². The molecule has 0 amide bonds. The van der Waals surface area contributed by atoms with E-state index in [4.69, 9.17) is 9.72 Å². The van der Waals surface area contributed by atoms with Crippen molar-refractivity contribution in [3.05, 3.63) is 48.7 Å². The molecular formula is C22H25N5O2. The summed E-state index contributed by atoms with van der Waals surface area (Å²) in [6, 6.07) is 14.3. The standard InChI is InChI=1S/C22H25N5O2/c28-15-16-8-11-26(12-9-16)20-7-10-23-25-22(20)29-18-13-27(14-18)21-6-5-17-3-1-2-4-19(17)24-21/h1-7,10,16,18,28H,8-9,11-15H2. The van der Waals surface area contributed by atoms with Gasteiger partial charge in [-0.05, 0) is 43.0 Å². The fourth-order valence-corrected chi connectivity index (χ4v) is 4.08. The summed E-state index contributed by atoms with van der Waals surface area (Å²) in [5.41, 5.74) is 2.01. The number of pyridine rings is 1. The number of ether oxygens (including phenoxy) is 1. The van der Waals surface area contributed by atoms with Gasteiger partial charge in [0.15, 0.2) is 0 Å². The second kappa shape index (κ2) is 7.83. The van der Waals surface area contributed by atoms with E-state index in [2.05, 4.69) is 38.2 Å².